The van der Waals surface area contributed by atoms with Crippen LogP contribution in [0.2, 0.25) is 0 Å². The molecule has 1 aromatic carbocycles. The number of aromatic nitrogens is 1. The summed E-state index contributed by atoms with van der Waals surface area (Å²) in [6, 6.07) is 15.4. The molecule has 21 heavy (non-hydrogen) atoms. The Labute approximate surface area is 127 Å². The first-order chi connectivity index (χ1) is 10.2. The zero-order valence-electron chi connectivity index (χ0n) is 12.8. The monoisotopic (exact) mass is 281 g/mol. The number of hydrogen-bond acceptors (Lipinski definition) is 3. The molecule has 1 aliphatic rings. The van der Waals surface area contributed by atoms with Crippen molar-refractivity contribution in [2.75, 3.05) is 23.3 Å². The Bertz CT molecular complexity index is 592. The number of benzene rings is 1. The molecular weight excluding hydrogens is 258 g/mol. The van der Waals surface area contributed by atoms with Gasteiger partial charge in [-0.2, -0.15) is 0 Å². The highest BCUT2D eigenvalue weighted by Crippen LogP contribution is 2.22. The van der Waals surface area contributed by atoms with E-state index in [1.807, 2.05) is 13.0 Å². The number of aryl methyl sites for hydroxylation is 2. The molecule has 0 radical (unpaired) electrons. The fourth-order valence-electron chi connectivity index (χ4n) is 2.92. The molecule has 3 nitrogen and oxygen atoms in total. The Morgan fingerprint density at radius 3 is 2.67 bits per heavy atom. The van der Waals surface area contributed by atoms with Crippen molar-refractivity contribution in [1.29, 1.82) is 0 Å². The normalized spacial score (nSPS) is 18.6. The summed E-state index contributed by atoms with van der Waals surface area (Å²) in [5.41, 5.74) is 3.70. The summed E-state index contributed by atoms with van der Waals surface area (Å²) in [5.74, 6) is 0.991. The standard InChI is InChI=1S/C18H23N3/c1-14-8-10-17(11-9-14)21-12-4-6-16(13-21)20-18-7-3-5-15(2)19-18/h3,5,7-11,16H,4,6,12-13H2,1-2H3,(H,19,20). The number of nitrogens with zero attached hydrogens (tertiary/aromatic N) is 2. The summed E-state index contributed by atoms with van der Waals surface area (Å²) in [6.45, 7) is 6.35. The van der Waals surface area contributed by atoms with Gasteiger partial charge < -0.3 is 10.2 Å². The molecule has 1 aliphatic heterocycles. The minimum atomic E-state index is 0.467. The predicted octanol–water partition coefficient (Wildman–Crippen LogP) is 3.78. The molecule has 0 bridgehead atoms. The van der Waals surface area contributed by atoms with Gasteiger partial charge in [0.1, 0.15) is 5.82 Å². The summed E-state index contributed by atoms with van der Waals surface area (Å²) in [5, 5.41) is 3.58. The molecule has 0 spiro atoms. The number of hydrogen-bond donors (Lipinski definition) is 1. The predicted molar refractivity (Wildman–Crippen MR) is 89.0 cm³/mol. The van der Waals surface area contributed by atoms with Gasteiger partial charge in [0.25, 0.3) is 0 Å². The smallest absolute Gasteiger partial charge is 0.126 e. The van der Waals surface area contributed by atoms with Gasteiger partial charge in [0.15, 0.2) is 0 Å². The van der Waals surface area contributed by atoms with E-state index in [0.29, 0.717) is 6.04 Å². The van der Waals surface area contributed by atoms with E-state index < -0.39 is 0 Å². The van der Waals surface area contributed by atoms with Crippen LogP contribution in [0.1, 0.15) is 24.1 Å². The molecule has 2 aromatic rings. The highest BCUT2D eigenvalue weighted by molar-refractivity contribution is 5.49. The van der Waals surface area contributed by atoms with E-state index in [1.54, 1.807) is 0 Å². The quantitative estimate of drug-likeness (QED) is 0.928. The van der Waals surface area contributed by atoms with Crippen LogP contribution < -0.4 is 10.2 Å². The van der Waals surface area contributed by atoms with Crippen LogP contribution in [0.25, 0.3) is 0 Å². The number of pyridine rings is 1. The summed E-state index contributed by atoms with van der Waals surface area (Å²) in [6.07, 6.45) is 2.43. The third-order valence-electron chi connectivity index (χ3n) is 4.06. The summed E-state index contributed by atoms with van der Waals surface area (Å²) < 4.78 is 0. The van der Waals surface area contributed by atoms with Gasteiger partial charge in [0, 0.05) is 30.5 Å². The summed E-state index contributed by atoms with van der Waals surface area (Å²) >= 11 is 0. The average molecular weight is 281 g/mol. The van der Waals surface area contributed by atoms with Crippen molar-refractivity contribution < 1.29 is 0 Å². The van der Waals surface area contributed by atoms with E-state index in [0.717, 1.165) is 24.6 Å². The zero-order valence-corrected chi connectivity index (χ0v) is 12.8. The average Bonchev–Trinajstić information content (AvgIpc) is 2.48. The van der Waals surface area contributed by atoms with E-state index in [-0.39, 0.29) is 0 Å². The van der Waals surface area contributed by atoms with Crippen LogP contribution in [-0.4, -0.2) is 24.1 Å². The van der Waals surface area contributed by atoms with Gasteiger partial charge in [-0.3, -0.25) is 0 Å². The topological polar surface area (TPSA) is 28.2 Å². The largest absolute Gasteiger partial charge is 0.369 e. The maximum Gasteiger partial charge on any atom is 0.126 e. The lowest BCUT2D eigenvalue weighted by atomic mass is 10.0. The minimum Gasteiger partial charge on any atom is -0.369 e. The first-order valence-corrected chi connectivity index (χ1v) is 7.72. The van der Waals surface area contributed by atoms with Gasteiger partial charge >= 0.3 is 0 Å². The molecule has 3 heteroatoms. The zero-order chi connectivity index (χ0) is 14.7. The van der Waals surface area contributed by atoms with E-state index in [4.69, 9.17) is 0 Å². The molecular formula is C18H23N3. The Morgan fingerprint density at radius 2 is 1.90 bits per heavy atom. The molecule has 1 saturated heterocycles. The van der Waals surface area contributed by atoms with Crippen molar-refractivity contribution in [3.05, 3.63) is 53.7 Å². The van der Waals surface area contributed by atoms with Crippen LogP contribution in [0, 0.1) is 13.8 Å². The second-order valence-corrected chi connectivity index (χ2v) is 5.93. The van der Waals surface area contributed by atoms with Crippen LogP contribution in [0.3, 0.4) is 0 Å². The van der Waals surface area contributed by atoms with Gasteiger partial charge in [-0.05, 0) is 51.0 Å². The summed E-state index contributed by atoms with van der Waals surface area (Å²) in [4.78, 5) is 7.02. The van der Waals surface area contributed by atoms with Crippen LogP contribution in [-0.2, 0) is 0 Å². The van der Waals surface area contributed by atoms with Gasteiger partial charge in [0.05, 0.1) is 0 Å². The third-order valence-corrected chi connectivity index (χ3v) is 4.06. The lowest BCUT2D eigenvalue weighted by Gasteiger charge is -2.35. The highest BCUT2D eigenvalue weighted by atomic mass is 15.2. The minimum absolute atomic E-state index is 0.467. The number of rotatable bonds is 3. The highest BCUT2D eigenvalue weighted by Gasteiger charge is 2.20. The van der Waals surface area contributed by atoms with Crippen LogP contribution in [0.15, 0.2) is 42.5 Å². The maximum atomic E-state index is 4.55. The lowest BCUT2D eigenvalue weighted by Crippen LogP contribution is -2.42. The maximum absolute atomic E-state index is 4.55. The lowest BCUT2D eigenvalue weighted by molar-refractivity contribution is 0.529. The van der Waals surface area contributed by atoms with Crippen molar-refractivity contribution in [2.45, 2.75) is 32.7 Å². The van der Waals surface area contributed by atoms with Gasteiger partial charge in [-0.25, -0.2) is 4.98 Å². The van der Waals surface area contributed by atoms with E-state index in [2.05, 4.69) is 58.5 Å². The van der Waals surface area contributed by atoms with Gasteiger partial charge in [-0.15, -0.1) is 0 Å². The second kappa shape index (κ2) is 6.17. The molecule has 2 heterocycles. The molecule has 110 valence electrons. The molecule has 0 aliphatic carbocycles. The molecule has 0 saturated carbocycles. The Hall–Kier alpha value is -2.03. The van der Waals surface area contributed by atoms with Crippen molar-refractivity contribution >= 4 is 11.5 Å². The number of piperidine rings is 1. The fourth-order valence-corrected chi connectivity index (χ4v) is 2.92. The molecule has 0 amide bonds. The SMILES string of the molecule is Cc1ccc(N2CCCC(Nc3cccc(C)n3)C2)cc1. The van der Waals surface area contributed by atoms with Gasteiger partial charge in [0.2, 0.25) is 0 Å². The first-order valence-electron chi connectivity index (χ1n) is 7.72. The molecule has 1 aromatic heterocycles. The Balaban J connectivity index is 1.67. The summed E-state index contributed by atoms with van der Waals surface area (Å²) in [7, 11) is 0. The van der Waals surface area contributed by atoms with Crippen molar-refractivity contribution in [3.8, 4) is 0 Å². The molecule has 1 N–H and O–H groups in total. The molecule has 1 atom stereocenters. The number of nitrogens with one attached hydrogen (secondary N) is 1. The van der Waals surface area contributed by atoms with Crippen LogP contribution in [0.4, 0.5) is 11.5 Å². The van der Waals surface area contributed by atoms with Crippen LogP contribution in [0.5, 0.6) is 0 Å². The second-order valence-electron chi connectivity index (χ2n) is 5.93. The molecule has 1 fully saturated rings. The molecule has 3 rings (SSSR count). The van der Waals surface area contributed by atoms with E-state index in [9.17, 15) is 0 Å². The number of anilines is 2. The third kappa shape index (κ3) is 3.54. The van der Waals surface area contributed by atoms with E-state index in [1.165, 1.54) is 24.1 Å². The van der Waals surface area contributed by atoms with Crippen LogP contribution >= 0.6 is 0 Å². The fraction of sp³-hybridized carbons (Fsp3) is 0.389. The van der Waals surface area contributed by atoms with Crippen molar-refractivity contribution in [3.63, 3.8) is 0 Å². The van der Waals surface area contributed by atoms with Crippen molar-refractivity contribution in [2.24, 2.45) is 0 Å². The Morgan fingerprint density at radius 1 is 1.10 bits per heavy atom. The molecule has 1 unspecified atom stereocenters. The Kier molecular flexibility index (Phi) is 4.09. The van der Waals surface area contributed by atoms with Gasteiger partial charge in [-0.1, -0.05) is 23.8 Å². The van der Waals surface area contributed by atoms with Crippen molar-refractivity contribution in [1.82, 2.24) is 4.98 Å². The first kappa shape index (κ1) is 13.9. The van der Waals surface area contributed by atoms with E-state index >= 15 is 0 Å².